The predicted octanol–water partition coefficient (Wildman–Crippen LogP) is 3.31. The zero-order valence-corrected chi connectivity index (χ0v) is 10.7. The zero-order chi connectivity index (χ0) is 11.5. The maximum Gasteiger partial charge on any atom is 0.164 e. The van der Waals surface area contributed by atoms with Crippen molar-refractivity contribution in [1.82, 2.24) is 9.97 Å². The fourth-order valence-corrected chi connectivity index (χ4v) is 2.65. The average molecular weight is 254 g/mol. The fourth-order valence-electron chi connectivity index (χ4n) is 1.29. The Labute approximate surface area is 104 Å². The lowest BCUT2D eigenvalue weighted by Crippen LogP contribution is -2.14. The Hall–Kier alpha value is -1.13. The van der Waals surface area contributed by atoms with Crippen LogP contribution in [0.2, 0.25) is 5.15 Å². The summed E-state index contributed by atoms with van der Waals surface area (Å²) in [5.41, 5.74) is 1.00. The van der Waals surface area contributed by atoms with E-state index in [4.69, 9.17) is 11.6 Å². The Morgan fingerprint density at radius 2 is 2.31 bits per heavy atom. The highest BCUT2D eigenvalue weighted by Crippen LogP contribution is 2.36. The van der Waals surface area contributed by atoms with Gasteiger partial charge in [0.1, 0.15) is 10.0 Å². The van der Waals surface area contributed by atoms with Crippen LogP contribution >= 0.6 is 22.9 Å². The smallest absolute Gasteiger partial charge is 0.164 e. The molecule has 0 aliphatic heterocycles. The number of thiazole rings is 1. The Kier molecular flexibility index (Phi) is 3.41. The molecule has 0 atom stereocenters. The Bertz CT molecular complexity index is 469. The molecule has 0 amide bonds. The monoisotopic (exact) mass is 253 g/mol. The fraction of sp³-hybridized carbons (Fsp3) is 0.273. The number of nitrogens with zero attached hydrogens (tertiary/aromatic N) is 3. The quantitative estimate of drug-likeness (QED) is 0.840. The molecule has 3 nitrogen and oxygen atoms in total. The van der Waals surface area contributed by atoms with Crippen LogP contribution in [0.5, 0.6) is 0 Å². The van der Waals surface area contributed by atoms with Crippen molar-refractivity contribution in [2.45, 2.75) is 6.92 Å². The predicted molar refractivity (Wildman–Crippen MR) is 69.3 cm³/mol. The van der Waals surface area contributed by atoms with Gasteiger partial charge in [0, 0.05) is 31.5 Å². The van der Waals surface area contributed by atoms with Crippen molar-refractivity contribution < 1.29 is 0 Å². The molecule has 2 rings (SSSR count). The minimum Gasteiger partial charge on any atom is -0.364 e. The standard InChI is InChI=1S/C11H12ClN3S/c1-3-15(2)11-9(12)14-10(16-11)8-5-4-6-13-7-8/h4-7H,3H2,1-2H3. The molecular formula is C11H12ClN3S. The summed E-state index contributed by atoms with van der Waals surface area (Å²) in [6.45, 7) is 2.99. The molecule has 0 fully saturated rings. The van der Waals surface area contributed by atoms with Crippen LogP contribution < -0.4 is 4.90 Å². The van der Waals surface area contributed by atoms with Crippen molar-refractivity contribution in [3.05, 3.63) is 29.7 Å². The Morgan fingerprint density at radius 1 is 1.50 bits per heavy atom. The largest absolute Gasteiger partial charge is 0.364 e. The van der Waals surface area contributed by atoms with Gasteiger partial charge in [-0.25, -0.2) is 4.98 Å². The van der Waals surface area contributed by atoms with Crippen LogP contribution in [0.3, 0.4) is 0 Å². The first-order valence-corrected chi connectivity index (χ1v) is 6.19. The highest BCUT2D eigenvalue weighted by molar-refractivity contribution is 7.19. The number of hydrogen-bond donors (Lipinski definition) is 0. The van der Waals surface area contributed by atoms with Crippen LogP contribution in [-0.2, 0) is 0 Å². The molecule has 0 N–H and O–H groups in total. The van der Waals surface area contributed by atoms with Crippen molar-refractivity contribution in [3.8, 4) is 10.6 Å². The molecule has 84 valence electrons. The summed E-state index contributed by atoms with van der Waals surface area (Å²) < 4.78 is 0. The second-order valence-electron chi connectivity index (χ2n) is 3.37. The molecule has 2 aromatic rings. The zero-order valence-electron chi connectivity index (χ0n) is 9.14. The average Bonchev–Trinajstić information content (AvgIpc) is 2.71. The van der Waals surface area contributed by atoms with E-state index < -0.39 is 0 Å². The molecule has 0 saturated heterocycles. The van der Waals surface area contributed by atoms with E-state index >= 15 is 0 Å². The number of halogens is 1. The maximum absolute atomic E-state index is 6.11. The molecule has 0 spiro atoms. The number of hydrogen-bond acceptors (Lipinski definition) is 4. The van der Waals surface area contributed by atoms with Gasteiger partial charge >= 0.3 is 0 Å². The van der Waals surface area contributed by atoms with E-state index in [1.54, 1.807) is 23.7 Å². The van der Waals surface area contributed by atoms with Gasteiger partial charge in [-0.1, -0.05) is 22.9 Å². The molecule has 0 radical (unpaired) electrons. The first-order chi connectivity index (χ1) is 7.72. The molecule has 2 aromatic heterocycles. The molecule has 0 unspecified atom stereocenters. The number of rotatable bonds is 3. The number of aromatic nitrogens is 2. The van der Waals surface area contributed by atoms with Gasteiger partial charge in [0.2, 0.25) is 0 Å². The van der Waals surface area contributed by atoms with E-state index in [0.29, 0.717) is 5.15 Å². The van der Waals surface area contributed by atoms with Gasteiger partial charge in [-0.15, -0.1) is 0 Å². The van der Waals surface area contributed by atoms with Crippen LogP contribution in [0.15, 0.2) is 24.5 Å². The second-order valence-corrected chi connectivity index (χ2v) is 4.71. The van der Waals surface area contributed by atoms with Gasteiger partial charge in [0.05, 0.1) is 0 Å². The van der Waals surface area contributed by atoms with Crippen molar-refractivity contribution in [1.29, 1.82) is 0 Å². The van der Waals surface area contributed by atoms with E-state index in [1.165, 1.54) is 0 Å². The van der Waals surface area contributed by atoms with Crippen LogP contribution in [0, 0.1) is 0 Å². The topological polar surface area (TPSA) is 29.0 Å². The summed E-state index contributed by atoms with van der Waals surface area (Å²) in [5.74, 6) is 0. The van der Waals surface area contributed by atoms with Crippen molar-refractivity contribution >= 4 is 27.9 Å². The number of anilines is 1. The lowest BCUT2D eigenvalue weighted by molar-refractivity contribution is 0.979. The van der Waals surface area contributed by atoms with Crippen molar-refractivity contribution in [3.63, 3.8) is 0 Å². The SMILES string of the molecule is CCN(C)c1sc(-c2cccnc2)nc1Cl. The molecule has 0 aliphatic rings. The van der Waals surface area contributed by atoms with Gasteiger partial charge in [0.15, 0.2) is 5.15 Å². The van der Waals surface area contributed by atoms with Crippen molar-refractivity contribution in [2.24, 2.45) is 0 Å². The van der Waals surface area contributed by atoms with Gasteiger partial charge in [0.25, 0.3) is 0 Å². The third-order valence-electron chi connectivity index (χ3n) is 2.30. The van der Waals surface area contributed by atoms with Crippen LogP contribution in [-0.4, -0.2) is 23.6 Å². The molecule has 0 bridgehead atoms. The molecule has 0 aromatic carbocycles. The van der Waals surface area contributed by atoms with Crippen molar-refractivity contribution in [2.75, 3.05) is 18.5 Å². The molecule has 16 heavy (non-hydrogen) atoms. The number of pyridine rings is 1. The van der Waals surface area contributed by atoms with Gasteiger partial charge < -0.3 is 4.90 Å². The summed E-state index contributed by atoms with van der Waals surface area (Å²) in [6.07, 6.45) is 3.54. The van der Waals surface area contributed by atoms with E-state index in [0.717, 1.165) is 22.1 Å². The summed E-state index contributed by atoms with van der Waals surface area (Å²) in [4.78, 5) is 10.5. The Morgan fingerprint density at radius 3 is 2.94 bits per heavy atom. The van der Waals surface area contributed by atoms with E-state index in [2.05, 4.69) is 21.8 Å². The van der Waals surface area contributed by atoms with Gasteiger partial charge in [-0.2, -0.15) is 0 Å². The van der Waals surface area contributed by atoms with Crippen LogP contribution in [0.4, 0.5) is 5.00 Å². The Balaban J connectivity index is 2.38. The molecule has 5 heteroatoms. The highest BCUT2D eigenvalue weighted by Gasteiger charge is 2.13. The highest BCUT2D eigenvalue weighted by atomic mass is 35.5. The third-order valence-corrected chi connectivity index (χ3v) is 3.89. The first kappa shape index (κ1) is 11.4. The third kappa shape index (κ3) is 2.18. The second kappa shape index (κ2) is 4.80. The molecular weight excluding hydrogens is 242 g/mol. The molecule has 2 heterocycles. The maximum atomic E-state index is 6.11. The first-order valence-electron chi connectivity index (χ1n) is 5.00. The summed E-state index contributed by atoms with van der Waals surface area (Å²) >= 11 is 7.69. The molecule has 0 saturated carbocycles. The van der Waals surface area contributed by atoms with E-state index in [-0.39, 0.29) is 0 Å². The van der Waals surface area contributed by atoms with Gasteiger partial charge in [-0.3, -0.25) is 4.98 Å². The summed E-state index contributed by atoms with van der Waals surface area (Å²) in [7, 11) is 2.01. The minimum atomic E-state index is 0.563. The normalized spacial score (nSPS) is 10.4. The van der Waals surface area contributed by atoms with Crippen LogP contribution in [0.1, 0.15) is 6.92 Å². The molecule has 0 aliphatic carbocycles. The lowest BCUT2D eigenvalue weighted by atomic mass is 10.3. The van der Waals surface area contributed by atoms with E-state index in [1.807, 2.05) is 19.2 Å². The van der Waals surface area contributed by atoms with E-state index in [9.17, 15) is 0 Å². The summed E-state index contributed by atoms with van der Waals surface area (Å²) in [5, 5.41) is 2.48. The minimum absolute atomic E-state index is 0.563. The lowest BCUT2D eigenvalue weighted by Gasteiger charge is -2.12. The van der Waals surface area contributed by atoms with Crippen LogP contribution in [0.25, 0.3) is 10.6 Å². The van der Waals surface area contributed by atoms with Gasteiger partial charge in [-0.05, 0) is 19.1 Å². The summed E-state index contributed by atoms with van der Waals surface area (Å²) in [6, 6.07) is 3.88.